The van der Waals surface area contributed by atoms with Gasteiger partial charge in [-0.25, -0.2) is 12.8 Å². The number of sulfonamides is 1. The molecule has 0 unspecified atom stereocenters. The highest BCUT2D eigenvalue weighted by Crippen LogP contribution is 2.29. The van der Waals surface area contributed by atoms with Crippen molar-refractivity contribution in [3.63, 3.8) is 0 Å². The van der Waals surface area contributed by atoms with Crippen LogP contribution in [-0.2, 0) is 22.7 Å². The lowest BCUT2D eigenvalue weighted by atomic mass is 10.1. The molecule has 0 spiro atoms. The minimum atomic E-state index is -4.37. The van der Waals surface area contributed by atoms with Crippen molar-refractivity contribution in [1.29, 1.82) is 0 Å². The Labute approximate surface area is 161 Å². The average molecular weight is 416 g/mol. The van der Waals surface area contributed by atoms with Crippen LogP contribution >= 0.6 is 0 Å². The van der Waals surface area contributed by atoms with Gasteiger partial charge >= 0.3 is 6.18 Å². The molecule has 0 radical (unpaired) electrons. The number of hydrogen-bond donors (Lipinski definition) is 0. The van der Waals surface area contributed by atoms with Crippen LogP contribution < -0.4 is 0 Å². The molecule has 0 atom stereocenters. The molecule has 28 heavy (non-hydrogen) atoms. The largest absolute Gasteiger partial charge is 0.416 e. The third kappa shape index (κ3) is 4.89. The summed E-state index contributed by atoms with van der Waals surface area (Å²) >= 11 is 0. The predicted molar refractivity (Wildman–Crippen MR) is 96.5 cm³/mol. The van der Waals surface area contributed by atoms with Gasteiger partial charge in [-0.1, -0.05) is 18.2 Å². The van der Waals surface area contributed by atoms with Crippen molar-refractivity contribution in [2.45, 2.75) is 24.0 Å². The Kier molecular flexibility index (Phi) is 6.07. The predicted octanol–water partition coefficient (Wildman–Crippen LogP) is 3.74. The fraction of sp³-hybridized carbons (Fsp3) is 0.368. The summed E-state index contributed by atoms with van der Waals surface area (Å²) < 4.78 is 78.1. The van der Waals surface area contributed by atoms with Gasteiger partial charge in [0.25, 0.3) is 0 Å². The van der Waals surface area contributed by atoms with E-state index < -0.39 is 27.6 Å². The second kappa shape index (κ2) is 8.18. The number of rotatable bonds is 4. The molecule has 152 valence electrons. The standard InChI is InChI=1S/C19H20F4N2O2S/c20-17-3-1-4-18(13-17)28(26,27)25-10-2-9-24(11-12-25)14-15-5-7-16(8-6-15)19(21,22)23/h1,3-8,13H,2,9-12,14H2. The highest BCUT2D eigenvalue weighted by Gasteiger charge is 2.30. The van der Waals surface area contributed by atoms with Crippen LogP contribution in [0.3, 0.4) is 0 Å². The minimum Gasteiger partial charge on any atom is -0.298 e. The molecule has 0 N–H and O–H groups in total. The smallest absolute Gasteiger partial charge is 0.298 e. The van der Waals surface area contributed by atoms with Crippen LogP contribution in [0.25, 0.3) is 0 Å². The van der Waals surface area contributed by atoms with E-state index in [9.17, 15) is 26.0 Å². The van der Waals surface area contributed by atoms with Gasteiger partial charge in [0, 0.05) is 26.2 Å². The second-order valence-electron chi connectivity index (χ2n) is 6.69. The van der Waals surface area contributed by atoms with E-state index >= 15 is 0 Å². The Morgan fingerprint density at radius 2 is 1.64 bits per heavy atom. The minimum absolute atomic E-state index is 0.0799. The van der Waals surface area contributed by atoms with Gasteiger partial charge in [-0.2, -0.15) is 17.5 Å². The molecule has 1 fully saturated rings. The van der Waals surface area contributed by atoms with Gasteiger partial charge in [0.1, 0.15) is 5.82 Å². The molecule has 9 heteroatoms. The Morgan fingerprint density at radius 3 is 2.29 bits per heavy atom. The van der Waals surface area contributed by atoms with E-state index in [2.05, 4.69) is 0 Å². The Balaban J connectivity index is 1.65. The third-order valence-electron chi connectivity index (χ3n) is 4.67. The summed E-state index contributed by atoms with van der Waals surface area (Å²) in [7, 11) is -3.78. The molecule has 4 nitrogen and oxygen atoms in total. The van der Waals surface area contributed by atoms with E-state index in [-0.39, 0.29) is 11.4 Å². The van der Waals surface area contributed by atoms with Gasteiger partial charge in [-0.3, -0.25) is 4.90 Å². The SMILES string of the molecule is O=S(=O)(c1cccc(F)c1)N1CCCN(Cc2ccc(C(F)(F)F)cc2)CC1. The average Bonchev–Trinajstić information content (AvgIpc) is 2.87. The first-order valence-electron chi connectivity index (χ1n) is 8.80. The maximum Gasteiger partial charge on any atom is 0.416 e. The number of nitrogens with zero attached hydrogens (tertiary/aromatic N) is 2. The number of alkyl halides is 3. The molecule has 1 saturated heterocycles. The molecular weight excluding hydrogens is 396 g/mol. The van der Waals surface area contributed by atoms with Crippen LogP contribution in [0.15, 0.2) is 53.4 Å². The van der Waals surface area contributed by atoms with Crippen LogP contribution in [-0.4, -0.2) is 43.8 Å². The first kappa shape index (κ1) is 20.8. The van der Waals surface area contributed by atoms with E-state index in [1.165, 1.54) is 34.6 Å². The van der Waals surface area contributed by atoms with Gasteiger partial charge < -0.3 is 0 Å². The highest BCUT2D eigenvalue weighted by atomic mass is 32.2. The molecule has 1 aliphatic rings. The normalized spacial score (nSPS) is 17.4. The molecule has 3 rings (SSSR count). The zero-order valence-corrected chi connectivity index (χ0v) is 15.8. The van der Waals surface area contributed by atoms with Crippen LogP contribution in [0, 0.1) is 5.82 Å². The summed E-state index contributed by atoms with van der Waals surface area (Å²) in [5.74, 6) is -0.611. The molecule has 0 bridgehead atoms. The summed E-state index contributed by atoms with van der Waals surface area (Å²) in [5.41, 5.74) is 0.0360. The maximum absolute atomic E-state index is 13.4. The molecule has 1 heterocycles. The number of hydrogen-bond acceptors (Lipinski definition) is 3. The summed E-state index contributed by atoms with van der Waals surface area (Å²) in [6, 6.07) is 9.89. The summed E-state index contributed by atoms with van der Waals surface area (Å²) in [6.45, 7) is 2.04. The second-order valence-corrected chi connectivity index (χ2v) is 8.62. The van der Waals surface area contributed by atoms with Crippen molar-refractivity contribution in [1.82, 2.24) is 9.21 Å². The molecule has 0 saturated carbocycles. The van der Waals surface area contributed by atoms with E-state index in [4.69, 9.17) is 0 Å². The van der Waals surface area contributed by atoms with Crippen molar-refractivity contribution in [2.24, 2.45) is 0 Å². The maximum atomic E-state index is 13.4. The van der Waals surface area contributed by atoms with E-state index in [0.29, 0.717) is 32.6 Å². The molecule has 0 aliphatic carbocycles. The molecular formula is C19H20F4N2O2S. The Bertz CT molecular complexity index is 914. The molecule has 0 amide bonds. The van der Waals surface area contributed by atoms with Crippen molar-refractivity contribution in [2.75, 3.05) is 26.2 Å². The van der Waals surface area contributed by atoms with Crippen molar-refractivity contribution in [3.05, 3.63) is 65.5 Å². The van der Waals surface area contributed by atoms with Crippen molar-refractivity contribution >= 4 is 10.0 Å². The van der Waals surface area contributed by atoms with Crippen LogP contribution in [0.5, 0.6) is 0 Å². The summed E-state index contributed by atoms with van der Waals surface area (Å²) in [5, 5.41) is 0. The Hall–Kier alpha value is -1.97. The zero-order chi connectivity index (χ0) is 20.4. The Morgan fingerprint density at radius 1 is 0.929 bits per heavy atom. The topological polar surface area (TPSA) is 40.6 Å². The lowest BCUT2D eigenvalue weighted by Crippen LogP contribution is -2.35. The fourth-order valence-corrected chi connectivity index (χ4v) is 4.68. The lowest BCUT2D eigenvalue weighted by molar-refractivity contribution is -0.137. The highest BCUT2D eigenvalue weighted by molar-refractivity contribution is 7.89. The molecule has 2 aromatic rings. The van der Waals surface area contributed by atoms with Crippen molar-refractivity contribution in [3.8, 4) is 0 Å². The van der Waals surface area contributed by atoms with Crippen LogP contribution in [0.1, 0.15) is 17.5 Å². The molecule has 1 aliphatic heterocycles. The zero-order valence-electron chi connectivity index (χ0n) is 15.0. The first-order chi connectivity index (χ1) is 13.2. The van der Waals surface area contributed by atoms with Crippen molar-refractivity contribution < 1.29 is 26.0 Å². The lowest BCUT2D eigenvalue weighted by Gasteiger charge is -2.22. The monoisotopic (exact) mass is 416 g/mol. The van der Waals surface area contributed by atoms with Gasteiger partial charge in [0.05, 0.1) is 10.5 Å². The fourth-order valence-electron chi connectivity index (χ4n) is 3.18. The van der Waals surface area contributed by atoms with Gasteiger partial charge in [0.2, 0.25) is 10.0 Å². The van der Waals surface area contributed by atoms with Gasteiger partial charge in [0.15, 0.2) is 0 Å². The summed E-state index contributed by atoms with van der Waals surface area (Å²) in [4.78, 5) is 1.92. The third-order valence-corrected chi connectivity index (χ3v) is 6.56. The van der Waals surface area contributed by atoms with Gasteiger partial charge in [-0.05, 0) is 48.9 Å². The van der Waals surface area contributed by atoms with Crippen LogP contribution in [0.4, 0.5) is 17.6 Å². The summed E-state index contributed by atoms with van der Waals surface area (Å²) in [6.07, 6.45) is -3.79. The van der Waals surface area contributed by atoms with Gasteiger partial charge in [-0.15, -0.1) is 0 Å². The number of benzene rings is 2. The van der Waals surface area contributed by atoms with E-state index in [0.717, 1.165) is 23.8 Å². The van der Waals surface area contributed by atoms with Crippen LogP contribution in [0.2, 0.25) is 0 Å². The van der Waals surface area contributed by atoms with E-state index in [1.807, 2.05) is 4.90 Å². The molecule has 2 aromatic carbocycles. The molecule has 0 aromatic heterocycles. The van der Waals surface area contributed by atoms with E-state index in [1.54, 1.807) is 0 Å². The quantitative estimate of drug-likeness (QED) is 0.713. The number of halogens is 4. The first-order valence-corrected chi connectivity index (χ1v) is 10.2.